The van der Waals surface area contributed by atoms with Crippen LogP contribution in [-0.4, -0.2) is 74.3 Å². The first-order valence-electron chi connectivity index (χ1n) is 8.38. The number of nitrogens with zero attached hydrogens (tertiary/aromatic N) is 2. The van der Waals surface area contributed by atoms with Crippen LogP contribution in [0.15, 0.2) is 29.2 Å². The van der Waals surface area contributed by atoms with Crippen molar-refractivity contribution in [3.8, 4) is 0 Å². The summed E-state index contributed by atoms with van der Waals surface area (Å²) in [6.07, 6.45) is -0.455. The Bertz CT molecular complexity index is 608. The van der Waals surface area contributed by atoms with Gasteiger partial charge in [-0.2, -0.15) is 4.31 Å². The zero-order valence-corrected chi connectivity index (χ0v) is 15.5. The van der Waals surface area contributed by atoms with Crippen LogP contribution in [0.2, 0.25) is 0 Å². The van der Waals surface area contributed by atoms with Crippen molar-refractivity contribution in [3.05, 3.63) is 29.8 Å². The molecular weight excluding hydrogens is 328 g/mol. The molecule has 7 heteroatoms. The van der Waals surface area contributed by atoms with Crippen molar-refractivity contribution in [2.45, 2.75) is 37.9 Å². The van der Waals surface area contributed by atoms with Crippen LogP contribution in [-0.2, 0) is 14.8 Å². The molecule has 0 spiro atoms. The summed E-state index contributed by atoms with van der Waals surface area (Å²) in [5, 5.41) is 9.98. The lowest BCUT2D eigenvalue weighted by Crippen LogP contribution is -2.50. The van der Waals surface area contributed by atoms with Crippen molar-refractivity contribution in [2.24, 2.45) is 0 Å². The molecule has 0 aliphatic carbocycles. The van der Waals surface area contributed by atoms with Gasteiger partial charge < -0.3 is 9.84 Å². The number of piperazine rings is 1. The van der Waals surface area contributed by atoms with E-state index in [4.69, 9.17) is 4.74 Å². The molecule has 1 aromatic carbocycles. The standard InChI is InChI=1S/C17H28N2O4S/c1-14(2)23-13-16(20)12-18-8-10-19(11-9-18)24(21,22)17-6-4-15(3)5-7-17/h4-7,14,16,20H,8-13H2,1-3H3. The predicted octanol–water partition coefficient (Wildman–Crippen LogP) is 1.09. The number of β-amino-alcohol motifs (C(OH)–C–C–N with tert-alkyl or cyclic N) is 1. The third-order valence-corrected chi connectivity index (χ3v) is 5.99. The molecule has 1 aromatic rings. The van der Waals surface area contributed by atoms with Crippen LogP contribution in [0.1, 0.15) is 19.4 Å². The highest BCUT2D eigenvalue weighted by molar-refractivity contribution is 7.89. The fourth-order valence-corrected chi connectivity index (χ4v) is 4.09. The fourth-order valence-electron chi connectivity index (χ4n) is 2.67. The van der Waals surface area contributed by atoms with Crippen molar-refractivity contribution in [3.63, 3.8) is 0 Å². The number of benzene rings is 1. The summed E-state index contributed by atoms with van der Waals surface area (Å²) < 4.78 is 32.2. The molecule has 136 valence electrons. The van der Waals surface area contributed by atoms with Gasteiger partial charge in [0.1, 0.15) is 0 Å². The third-order valence-electron chi connectivity index (χ3n) is 4.08. The highest BCUT2D eigenvalue weighted by Crippen LogP contribution is 2.18. The molecule has 1 aliphatic heterocycles. The predicted molar refractivity (Wildman–Crippen MR) is 93.5 cm³/mol. The van der Waals surface area contributed by atoms with Gasteiger partial charge in [-0.1, -0.05) is 17.7 Å². The molecule has 0 saturated carbocycles. The molecule has 0 bridgehead atoms. The van der Waals surface area contributed by atoms with Gasteiger partial charge in [0.25, 0.3) is 0 Å². The topological polar surface area (TPSA) is 70.1 Å². The van der Waals surface area contributed by atoms with Crippen LogP contribution >= 0.6 is 0 Å². The van der Waals surface area contributed by atoms with Gasteiger partial charge in [-0.25, -0.2) is 8.42 Å². The number of aryl methyl sites for hydroxylation is 1. The van der Waals surface area contributed by atoms with E-state index in [1.807, 2.05) is 32.9 Å². The molecule has 0 aromatic heterocycles. The minimum Gasteiger partial charge on any atom is -0.389 e. The van der Waals surface area contributed by atoms with Gasteiger partial charge in [0, 0.05) is 32.7 Å². The van der Waals surface area contributed by atoms with E-state index in [2.05, 4.69) is 4.90 Å². The van der Waals surface area contributed by atoms with Crippen molar-refractivity contribution < 1.29 is 18.3 Å². The van der Waals surface area contributed by atoms with E-state index < -0.39 is 16.1 Å². The van der Waals surface area contributed by atoms with E-state index in [0.717, 1.165) is 5.56 Å². The molecule has 1 saturated heterocycles. The van der Waals surface area contributed by atoms with Crippen molar-refractivity contribution in [1.82, 2.24) is 9.21 Å². The van der Waals surface area contributed by atoms with Gasteiger partial charge in [0.05, 0.1) is 23.7 Å². The van der Waals surface area contributed by atoms with E-state index in [1.54, 1.807) is 12.1 Å². The first-order chi connectivity index (χ1) is 11.3. The van der Waals surface area contributed by atoms with E-state index in [0.29, 0.717) is 44.2 Å². The summed E-state index contributed by atoms with van der Waals surface area (Å²) in [5.74, 6) is 0. The van der Waals surface area contributed by atoms with E-state index in [-0.39, 0.29) is 6.10 Å². The summed E-state index contributed by atoms with van der Waals surface area (Å²) in [7, 11) is -3.43. The minimum atomic E-state index is -3.43. The average molecular weight is 356 g/mol. The molecule has 1 atom stereocenters. The van der Waals surface area contributed by atoms with Crippen LogP contribution in [0.4, 0.5) is 0 Å². The number of rotatable bonds is 7. The van der Waals surface area contributed by atoms with E-state index >= 15 is 0 Å². The summed E-state index contributed by atoms with van der Waals surface area (Å²) in [6.45, 7) is 8.71. The second kappa shape index (κ2) is 8.40. The Balaban J connectivity index is 1.86. The molecule has 1 heterocycles. The zero-order valence-electron chi connectivity index (χ0n) is 14.7. The molecule has 24 heavy (non-hydrogen) atoms. The number of hydrogen-bond donors (Lipinski definition) is 1. The Labute approximate surface area is 145 Å². The van der Waals surface area contributed by atoms with Crippen LogP contribution in [0, 0.1) is 6.92 Å². The lowest BCUT2D eigenvalue weighted by atomic mass is 10.2. The molecular formula is C17H28N2O4S. The van der Waals surface area contributed by atoms with Gasteiger partial charge in [-0.15, -0.1) is 0 Å². The number of hydrogen-bond acceptors (Lipinski definition) is 5. The average Bonchev–Trinajstić information content (AvgIpc) is 2.54. The second-order valence-corrected chi connectivity index (χ2v) is 8.49. The Kier molecular flexibility index (Phi) is 6.77. The van der Waals surface area contributed by atoms with Gasteiger partial charge in [0.15, 0.2) is 0 Å². The Morgan fingerprint density at radius 1 is 1.12 bits per heavy atom. The molecule has 1 unspecified atom stereocenters. The Morgan fingerprint density at radius 2 is 1.71 bits per heavy atom. The van der Waals surface area contributed by atoms with Gasteiger partial charge in [-0.3, -0.25) is 4.90 Å². The Hall–Kier alpha value is -0.990. The van der Waals surface area contributed by atoms with Crippen molar-refractivity contribution >= 4 is 10.0 Å². The van der Waals surface area contributed by atoms with Gasteiger partial charge in [0.2, 0.25) is 10.0 Å². The number of sulfonamides is 1. The SMILES string of the molecule is Cc1ccc(S(=O)(=O)N2CCN(CC(O)COC(C)C)CC2)cc1. The fraction of sp³-hybridized carbons (Fsp3) is 0.647. The molecule has 1 aliphatic rings. The summed E-state index contributed by atoms with van der Waals surface area (Å²) >= 11 is 0. The van der Waals surface area contributed by atoms with Crippen LogP contribution in [0.5, 0.6) is 0 Å². The van der Waals surface area contributed by atoms with Gasteiger partial charge in [-0.05, 0) is 32.9 Å². The van der Waals surface area contributed by atoms with Crippen molar-refractivity contribution in [1.29, 1.82) is 0 Å². The normalized spacial score (nSPS) is 18.9. The first kappa shape index (κ1) is 19.3. The quantitative estimate of drug-likeness (QED) is 0.792. The number of aliphatic hydroxyl groups excluding tert-OH is 1. The molecule has 2 rings (SSSR count). The maximum absolute atomic E-state index is 12.6. The number of ether oxygens (including phenoxy) is 1. The molecule has 1 fully saturated rings. The zero-order chi connectivity index (χ0) is 17.7. The second-order valence-electron chi connectivity index (χ2n) is 6.55. The van der Waals surface area contributed by atoms with Crippen LogP contribution in [0.3, 0.4) is 0 Å². The molecule has 0 amide bonds. The summed E-state index contributed by atoms with van der Waals surface area (Å²) in [6, 6.07) is 6.94. The lowest BCUT2D eigenvalue weighted by molar-refractivity contribution is -0.0117. The summed E-state index contributed by atoms with van der Waals surface area (Å²) in [4.78, 5) is 2.42. The highest BCUT2D eigenvalue weighted by Gasteiger charge is 2.28. The number of aliphatic hydroxyl groups is 1. The molecule has 0 radical (unpaired) electrons. The highest BCUT2D eigenvalue weighted by atomic mass is 32.2. The largest absolute Gasteiger partial charge is 0.389 e. The summed E-state index contributed by atoms with van der Waals surface area (Å²) in [5.41, 5.74) is 1.04. The van der Waals surface area contributed by atoms with Crippen LogP contribution < -0.4 is 0 Å². The van der Waals surface area contributed by atoms with E-state index in [1.165, 1.54) is 4.31 Å². The Morgan fingerprint density at radius 3 is 2.25 bits per heavy atom. The van der Waals surface area contributed by atoms with Gasteiger partial charge >= 0.3 is 0 Å². The third kappa shape index (κ3) is 5.26. The maximum Gasteiger partial charge on any atom is 0.243 e. The minimum absolute atomic E-state index is 0.0937. The van der Waals surface area contributed by atoms with Crippen LogP contribution in [0.25, 0.3) is 0 Å². The smallest absolute Gasteiger partial charge is 0.243 e. The monoisotopic (exact) mass is 356 g/mol. The lowest BCUT2D eigenvalue weighted by Gasteiger charge is -2.35. The van der Waals surface area contributed by atoms with Crippen molar-refractivity contribution in [2.75, 3.05) is 39.3 Å². The first-order valence-corrected chi connectivity index (χ1v) is 9.82. The van der Waals surface area contributed by atoms with E-state index in [9.17, 15) is 13.5 Å². The molecule has 1 N–H and O–H groups in total. The molecule has 6 nitrogen and oxygen atoms in total. The maximum atomic E-state index is 12.6.